The van der Waals surface area contributed by atoms with Crippen LogP contribution in [-0.4, -0.2) is 28.7 Å². The van der Waals surface area contributed by atoms with Gasteiger partial charge in [-0.15, -0.1) is 0 Å². The molecule has 0 spiro atoms. The molecule has 3 aliphatic carbocycles. The first-order valence-corrected chi connectivity index (χ1v) is 31.5. The quantitative estimate of drug-likeness (QED) is 0.167. The van der Waals surface area contributed by atoms with E-state index in [1.54, 1.807) is 0 Å². The first-order chi connectivity index (χ1) is 43.9. The fourth-order valence-electron chi connectivity index (χ4n) is 16.9. The van der Waals surface area contributed by atoms with Crippen LogP contribution in [0.25, 0.3) is 150 Å². The first-order valence-electron chi connectivity index (χ1n) is 31.5. The second kappa shape index (κ2) is 18.1. The van der Waals surface area contributed by atoms with E-state index in [0.717, 1.165) is 44.8 Å². The Labute approximate surface area is 521 Å². The zero-order valence-corrected chi connectivity index (χ0v) is 50.9. The summed E-state index contributed by atoms with van der Waals surface area (Å²) in [5, 5.41) is 7.63. The monoisotopic (exact) mass is 1150 g/mol. The van der Waals surface area contributed by atoms with E-state index in [-0.39, 0.29) is 16.2 Å². The van der Waals surface area contributed by atoms with Crippen LogP contribution in [0.15, 0.2) is 255 Å². The van der Waals surface area contributed by atoms with Crippen molar-refractivity contribution in [3.8, 4) is 84.6 Å². The van der Waals surface area contributed by atoms with Crippen LogP contribution in [-0.2, 0) is 16.2 Å². The summed E-state index contributed by atoms with van der Waals surface area (Å²) >= 11 is 0. The van der Waals surface area contributed by atoms with Crippen LogP contribution in [0, 0.1) is 0 Å². The van der Waals surface area contributed by atoms with Crippen molar-refractivity contribution >= 4 is 65.4 Å². The Balaban J connectivity index is 0.786. The Kier molecular flexibility index (Phi) is 10.3. The highest BCUT2D eigenvalue weighted by Crippen LogP contribution is 2.57. The van der Waals surface area contributed by atoms with Crippen molar-refractivity contribution in [3.63, 3.8) is 0 Å². The normalized spacial score (nSPS) is 14.6. The summed E-state index contributed by atoms with van der Waals surface area (Å²) in [6.07, 6.45) is 0. The van der Waals surface area contributed by atoms with Gasteiger partial charge in [-0.05, 0) is 152 Å². The zero-order chi connectivity index (χ0) is 60.1. The predicted molar refractivity (Wildman–Crippen MR) is 372 cm³/mol. The number of rotatable bonds is 6. The molecular weight excluding hydrogens is 1090 g/mol. The number of hydrogen-bond donors (Lipinski definition) is 0. The number of nitrogens with zero attached hydrogens (tertiary/aromatic N) is 6. The maximum atomic E-state index is 5.51. The molecule has 0 aliphatic heterocycles. The molecule has 0 saturated heterocycles. The standard InChI is InChI=1S/C84H60N6/c1-82(2)64-31-13-7-25-55(64)58-41-44-70-73(76(58)82)61-28-10-16-34-67(61)88(70)52-39-37-49(38-40-52)79-85-80(50-21-19-23-53(47-50)89-68-35-17-11-29-62(68)74-71(89)45-42-59-56-26-8-14-32-65(56)83(3,4)77(59)74)87-81(86-79)51-22-20-24-54(48-51)90-69-36-18-12-30-63(69)75-72(90)46-43-60-57-27-9-15-33-66(57)84(5,6)78(60)75/h7-48H,1-6H3. The molecular formula is C84H60N6. The summed E-state index contributed by atoms with van der Waals surface area (Å²) < 4.78 is 7.30. The summed E-state index contributed by atoms with van der Waals surface area (Å²) in [6.45, 7) is 14.3. The molecule has 6 heteroatoms. The second-order valence-corrected chi connectivity index (χ2v) is 26.7. The van der Waals surface area contributed by atoms with Crippen molar-refractivity contribution in [1.29, 1.82) is 0 Å². The number of hydrogen-bond acceptors (Lipinski definition) is 3. The van der Waals surface area contributed by atoms with Crippen LogP contribution in [0.5, 0.6) is 0 Å². The van der Waals surface area contributed by atoms with Crippen molar-refractivity contribution in [1.82, 2.24) is 28.7 Å². The van der Waals surface area contributed by atoms with E-state index in [1.165, 1.54) is 121 Å². The smallest absolute Gasteiger partial charge is 0.164 e. The molecule has 4 aromatic heterocycles. The van der Waals surface area contributed by atoms with Gasteiger partial charge in [-0.3, -0.25) is 0 Å². The Bertz CT molecular complexity index is 5580. The highest BCUT2D eigenvalue weighted by molar-refractivity contribution is 6.17. The molecule has 0 amide bonds. The van der Waals surface area contributed by atoms with Crippen LogP contribution in [0.3, 0.4) is 0 Å². The van der Waals surface area contributed by atoms with Crippen molar-refractivity contribution in [2.75, 3.05) is 0 Å². The molecule has 0 atom stereocenters. The van der Waals surface area contributed by atoms with E-state index < -0.39 is 0 Å². The minimum Gasteiger partial charge on any atom is -0.309 e. The Hall–Kier alpha value is -11.0. The number of benzene rings is 12. The fraction of sp³-hybridized carbons (Fsp3) is 0.107. The molecule has 12 aromatic carbocycles. The van der Waals surface area contributed by atoms with Crippen LogP contribution in [0.2, 0.25) is 0 Å². The highest BCUT2D eigenvalue weighted by atomic mass is 15.0. The van der Waals surface area contributed by atoms with Crippen molar-refractivity contribution in [2.45, 2.75) is 57.8 Å². The van der Waals surface area contributed by atoms with Crippen LogP contribution >= 0.6 is 0 Å². The fourth-order valence-corrected chi connectivity index (χ4v) is 16.9. The van der Waals surface area contributed by atoms with Gasteiger partial charge in [0.05, 0.1) is 33.1 Å². The van der Waals surface area contributed by atoms with Gasteiger partial charge in [-0.25, -0.2) is 15.0 Å². The lowest BCUT2D eigenvalue weighted by atomic mass is 9.80. The zero-order valence-electron chi connectivity index (χ0n) is 50.9. The minimum atomic E-state index is -0.186. The van der Waals surface area contributed by atoms with Crippen LogP contribution in [0.1, 0.15) is 74.9 Å². The van der Waals surface area contributed by atoms with Crippen molar-refractivity contribution < 1.29 is 0 Å². The van der Waals surface area contributed by atoms with Gasteiger partial charge < -0.3 is 13.7 Å². The third-order valence-electron chi connectivity index (χ3n) is 20.8. The van der Waals surface area contributed by atoms with Crippen molar-refractivity contribution in [3.05, 3.63) is 288 Å². The molecule has 3 aliphatic rings. The van der Waals surface area contributed by atoms with E-state index in [2.05, 4.69) is 310 Å². The molecule has 90 heavy (non-hydrogen) atoms. The first kappa shape index (κ1) is 51.1. The SMILES string of the molecule is CC1(C)c2ccccc2-c2ccc3c(c21)c1ccccc1n3-c1ccc(-c2nc(-c3cccc(-n4c5ccccc5c5c6c(ccc54)-c4ccccc4C6(C)C)c3)nc(-c3cccc(-n4c5ccccc5c5c6c(ccc54)-c4ccccc4C6(C)C)c3)n2)cc1. The van der Waals surface area contributed by atoms with Crippen LogP contribution in [0.4, 0.5) is 0 Å². The Morgan fingerprint density at radius 2 is 0.567 bits per heavy atom. The van der Waals surface area contributed by atoms with Gasteiger partial charge in [-0.2, -0.15) is 0 Å². The maximum Gasteiger partial charge on any atom is 0.164 e. The maximum absolute atomic E-state index is 5.51. The second-order valence-electron chi connectivity index (χ2n) is 26.7. The van der Waals surface area contributed by atoms with E-state index in [0.29, 0.717) is 17.5 Å². The molecule has 0 saturated carbocycles. The highest BCUT2D eigenvalue weighted by Gasteiger charge is 2.41. The van der Waals surface area contributed by atoms with E-state index in [1.807, 2.05) is 0 Å². The average Bonchev–Trinajstić information content (AvgIpc) is 1.58. The molecule has 6 nitrogen and oxygen atoms in total. The van der Waals surface area contributed by atoms with Gasteiger partial charge in [0.15, 0.2) is 17.5 Å². The largest absolute Gasteiger partial charge is 0.309 e. The van der Waals surface area contributed by atoms with Gasteiger partial charge in [0.25, 0.3) is 0 Å². The summed E-state index contributed by atoms with van der Waals surface area (Å²) in [6, 6.07) is 93.8. The summed E-state index contributed by atoms with van der Waals surface area (Å²) in [4.78, 5) is 16.5. The Morgan fingerprint density at radius 1 is 0.244 bits per heavy atom. The number of fused-ring (bicyclic) bond motifs is 21. The topological polar surface area (TPSA) is 53.5 Å². The summed E-state index contributed by atoms with van der Waals surface area (Å²) in [5.41, 5.74) is 28.5. The molecule has 0 radical (unpaired) electrons. The number of para-hydroxylation sites is 3. The molecule has 426 valence electrons. The lowest BCUT2D eigenvalue weighted by Gasteiger charge is -2.22. The molecule has 0 fully saturated rings. The third kappa shape index (κ3) is 6.80. The lowest BCUT2D eigenvalue weighted by Crippen LogP contribution is -2.15. The minimum absolute atomic E-state index is 0.167. The molecule has 4 heterocycles. The average molecular weight is 1150 g/mol. The van der Waals surface area contributed by atoms with Gasteiger partial charge in [0.2, 0.25) is 0 Å². The van der Waals surface area contributed by atoms with Gasteiger partial charge in [0, 0.05) is 82.3 Å². The third-order valence-corrected chi connectivity index (χ3v) is 20.8. The lowest BCUT2D eigenvalue weighted by molar-refractivity contribution is 0.666. The van der Waals surface area contributed by atoms with Gasteiger partial charge in [-0.1, -0.05) is 211 Å². The van der Waals surface area contributed by atoms with E-state index in [9.17, 15) is 0 Å². The van der Waals surface area contributed by atoms with Crippen LogP contribution < -0.4 is 0 Å². The van der Waals surface area contributed by atoms with E-state index >= 15 is 0 Å². The van der Waals surface area contributed by atoms with Gasteiger partial charge >= 0.3 is 0 Å². The molecule has 0 N–H and O–H groups in total. The summed E-state index contributed by atoms with van der Waals surface area (Å²) in [7, 11) is 0. The molecule has 0 bridgehead atoms. The summed E-state index contributed by atoms with van der Waals surface area (Å²) in [5.74, 6) is 1.79. The number of aromatic nitrogens is 6. The predicted octanol–water partition coefficient (Wildman–Crippen LogP) is 21.1. The van der Waals surface area contributed by atoms with E-state index in [4.69, 9.17) is 15.0 Å². The molecule has 19 rings (SSSR count). The van der Waals surface area contributed by atoms with Gasteiger partial charge in [0.1, 0.15) is 0 Å². The van der Waals surface area contributed by atoms with Crippen molar-refractivity contribution in [2.24, 2.45) is 0 Å². The molecule has 16 aromatic rings. The molecule has 0 unspecified atom stereocenters. The Morgan fingerprint density at radius 3 is 0.944 bits per heavy atom.